The highest BCUT2D eigenvalue weighted by atomic mass is 19.4. The minimum absolute atomic E-state index is 0.0264. The molecular weight excluding hydrogens is 1690 g/mol. The number of fused-ring (bicyclic) bond motifs is 24. The second-order valence-corrected chi connectivity index (χ2v) is 51.8. The molecule has 0 spiro atoms. The van der Waals surface area contributed by atoms with Crippen molar-refractivity contribution in [1.82, 2.24) is 0 Å². The van der Waals surface area contributed by atoms with E-state index in [2.05, 4.69) is 118 Å². The van der Waals surface area contributed by atoms with Crippen LogP contribution in [0.4, 0.5) is 26.3 Å². The zero-order valence-corrected chi connectivity index (χ0v) is 85.0. The molecule has 0 radical (unpaired) electrons. The fraction of sp³-hybridized carbons (Fsp3) is 0.946. The van der Waals surface area contributed by atoms with Crippen LogP contribution < -0.4 is 0 Å². The topological polar surface area (TPSA) is 229 Å². The summed E-state index contributed by atoms with van der Waals surface area (Å²) in [4.78, 5) is 72.5. The van der Waals surface area contributed by atoms with Gasteiger partial charge in [0.2, 0.25) is 5.78 Å². The number of aliphatic hydroxyl groups is 3. The molecular formula is C111H176F6O15. The molecule has 0 bridgehead atoms. The van der Waals surface area contributed by atoms with Crippen molar-refractivity contribution in [3.63, 3.8) is 0 Å². The van der Waals surface area contributed by atoms with Gasteiger partial charge >= 0.3 is 42.2 Å². The number of aliphatic carboxylic acids is 1. The van der Waals surface area contributed by atoms with Gasteiger partial charge in [0, 0.05) is 70.1 Å². The monoisotopic (exact) mass is 1860 g/mol. The van der Waals surface area contributed by atoms with E-state index in [1.165, 1.54) is 90.9 Å². The molecule has 15 nitrogen and oxygen atoms in total. The molecule has 2 aliphatic heterocycles. The van der Waals surface area contributed by atoms with Crippen LogP contribution >= 0.6 is 0 Å². The smallest absolute Gasteiger partial charge is 0.449 e. The van der Waals surface area contributed by atoms with Crippen LogP contribution in [0.3, 0.4) is 0 Å². The third-order valence-corrected chi connectivity index (χ3v) is 45.6. The number of esters is 4. The Labute approximate surface area is 789 Å². The Morgan fingerprint density at radius 1 is 0.417 bits per heavy atom. The van der Waals surface area contributed by atoms with Crippen molar-refractivity contribution < 1.29 is 99.2 Å². The van der Waals surface area contributed by atoms with Crippen LogP contribution in [0, 0.1) is 227 Å². The molecule has 13 unspecified atom stereocenters. The number of aliphatic hydroxyl groups excluding tert-OH is 2. The quantitative estimate of drug-likeness (QED) is 0.0763. The summed E-state index contributed by atoms with van der Waals surface area (Å²) in [7, 11) is 0. The maximum absolute atomic E-state index is 13.8. The third kappa shape index (κ3) is 17.3. The van der Waals surface area contributed by atoms with Gasteiger partial charge in [-0.05, 0) is 370 Å². The predicted octanol–water partition coefficient (Wildman–Crippen LogP) is 25.1. The van der Waals surface area contributed by atoms with Crippen LogP contribution in [0.15, 0.2) is 0 Å². The number of hydrogen-bond acceptors (Lipinski definition) is 14. The molecule has 0 amide bonds. The van der Waals surface area contributed by atoms with Crippen LogP contribution in [-0.2, 0) is 52.5 Å². The van der Waals surface area contributed by atoms with Gasteiger partial charge in [-0.15, -0.1) is 0 Å². The molecule has 18 rings (SSSR count). The number of ketones is 1. The fourth-order valence-corrected chi connectivity index (χ4v) is 40.4. The second kappa shape index (κ2) is 37.4. The Bertz CT molecular complexity index is 4140. The van der Waals surface area contributed by atoms with E-state index in [1.54, 1.807) is 6.92 Å². The Morgan fingerprint density at radius 3 is 1.14 bits per heavy atom. The van der Waals surface area contributed by atoms with E-state index in [4.69, 9.17) is 23.7 Å². The van der Waals surface area contributed by atoms with Crippen molar-refractivity contribution in [2.24, 2.45) is 227 Å². The lowest BCUT2D eigenvalue weighted by atomic mass is 9.41. The largest absolute Gasteiger partial charge is 0.481 e. The number of carboxylic acids is 1. The lowest BCUT2D eigenvalue weighted by Gasteiger charge is -2.65. The third-order valence-electron chi connectivity index (χ3n) is 45.6. The maximum atomic E-state index is 13.8. The van der Waals surface area contributed by atoms with Crippen LogP contribution in [-0.4, -0.2) is 117 Å². The summed E-state index contributed by atoms with van der Waals surface area (Å²) in [6, 6.07) is 0. The SMILES string of the molecule is CC[C@H]1[C@@H](O)C2C3C[C@@H]4OC(=O)C[C@@H](C)[C@@H]4[C@@]3(C)CCC2[C@@]2(C)CC[C@@H](O)C[C@@H]12.CC[C@H]1[C@@H](OC(C)=O)C2C3CC[C@H]([C@H](C)CC(=O)C(F)(F)F)[C@@]3(C)CCC2[C@@]2(C)CC[C@@H](C)C[C@@H]12.CC[C@H]1[C@@H](OC(C)=O)C2C3CC[C@H]([C@H](C)CC(=O)O)[C@@]3(C)CCC2[C@@]2(C)CC[C@@H](C)C[C@@H]12.CC[C@H]1[C@@H](OC(C)=O)C2C3C[C@@H]4OC(O)(C(F)(F)F)C[C@@H](C)[C@@H]4[C@@]3(C)CCC2[C@@]2(C)CC[C@@H](C)C[C@@H]12. The van der Waals surface area contributed by atoms with Gasteiger partial charge in [0.1, 0.15) is 24.4 Å². The number of Topliss-reactive ketones (excluding diaryl/α,β-unsaturated/α-hetero) is 1. The van der Waals surface area contributed by atoms with Crippen LogP contribution in [0.25, 0.3) is 0 Å². The molecule has 4 N–H and O–H groups in total. The maximum Gasteiger partial charge on any atom is 0.449 e. The van der Waals surface area contributed by atoms with Crippen molar-refractivity contribution >= 4 is 35.6 Å². The molecule has 2 saturated heterocycles. The Kier molecular flexibility index (Phi) is 29.1. The highest BCUT2D eigenvalue weighted by Crippen LogP contribution is 2.77. The summed E-state index contributed by atoms with van der Waals surface area (Å²) in [5.74, 6) is 5.05. The molecule has 47 atom stereocenters. The molecule has 18 fully saturated rings. The first-order valence-electron chi connectivity index (χ1n) is 54.0. The van der Waals surface area contributed by atoms with Crippen LogP contribution in [0.5, 0.6) is 0 Å². The number of alkyl halides is 6. The molecule has 0 aromatic carbocycles. The lowest BCUT2D eigenvalue weighted by molar-refractivity contribution is -0.401. The molecule has 21 heteroatoms. The Morgan fingerprint density at radius 2 is 0.758 bits per heavy atom. The van der Waals surface area contributed by atoms with Gasteiger partial charge in [0.05, 0.1) is 18.3 Å². The first kappa shape index (κ1) is 103. The van der Waals surface area contributed by atoms with Gasteiger partial charge in [-0.2, -0.15) is 26.3 Å². The lowest BCUT2D eigenvalue weighted by Crippen LogP contribution is -2.62. The first-order valence-corrected chi connectivity index (χ1v) is 54.0. The van der Waals surface area contributed by atoms with E-state index >= 15 is 0 Å². The number of halogens is 6. The Balaban J connectivity index is 0.000000135. The molecule has 132 heavy (non-hydrogen) atoms. The van der Waals surface area contributed by atoms with E-state index in [0.29, 0.717) is 137 Å². The zero-order chi connectivity index (χ0) is 96.5. The molecule has 0 aromatic heterocycles. The van der Waals surface area contributed by atoms with Crippen LogP contribution in [0.1, 0.15) is 371 Å². The molecule has 752 valence electrons. The molecule has 16 aliphatic carbocycles. The summed E-state index contributed by atoms with van der Waals surface area (Å²) in [6.45, 7) is 48.1. The molecule has 2 heterocycles. The van der Waals surface area contributed by atoms with Crippen molar-refractivity contribution in [3.05, 3.63) is 0 Å². The van der Waals surface area contributed by atoms with Gasteiger partial charge in [0.25, 0.3) is 5.79 Å². The number of ether oxygens (including phenoxy) is 5. The minimum Gasteiger partial charge on any atom is -0.481 e. The van der Waals surface area contributed by atoms with Crippen molar-refractivity contribution in [2.45, 2.75) is 431 Å². The van der Waals surface area contributed by atoms with Crippen molar-refractivity contribution in [3.8, 4) is 0 Å². The van der Waals surface area contributed by atoms with E-state index in [9.17, 15) is 75.5 Å². The van der Waals surface area contributed by atoms with Crippen molar-refractivity contribution in [2.75, 3.05) is 0 Å². The predicted molar refractivity (Wildman–Crippen MR) is 496 cm³/mol. The number of carboxylic acid groups (broad SMARTS) is 1. The van der Waals surface area contributed by atoms with E-state index < -0.39 is 48.8 Å². The fourth-order valence-electron chi connectivity index (χ4n) is 40.4. The first-order chi connectivity index (χ1) is 61.6. The number of rotatable bonds is 13. The number of carbonyl (C=O) groups excluding carboxylic acids is 5. The Hall–Kier alpha value is -3.56. The van der Waals surface area contributed by atoms with E-state index in [-0.39, 0.29) is 164 Å². The van der Waals surface area contributed by atoms with Crippen molar-refractivity contribution in [1.29, 1.82) is 0 Å². The molecule has 16 saturated carbocycles. The number of hydrogen-bond donors (Lipinski definition) is 4. The molecule has 18 aliphatic rings. The zero-order valence-electron chi connectivity index (χ0n) is 85.0. The van der Waals surface area contributed by atoms with Gasteiger partial charge in [-0.3, -0.25) is 28.8 Å². The van der Waals surface area contributed by atoms with Crippen LogP contribution in [0.2, 0.25) is 0 Å². The highest BCUT2D eigenvalue weighted by Gasteiger charge is 2.75. The summed E-state index contributed by atoms with van der Waals surface area (Å²) in [5, 5.41) is 42.1. The average Bonchev–Trinajstić information content (AvgIpc) is 1.45. The standard InChI is InChI=1S/C29H45F3O4.C29H45F3O3.C28H46O4.C25H40O4/c1-7-18-20-12-15(2)8-10-26(20,5)19-9-11-27(6)21(23(19)25(18)35-17(4)33)13-22-24(27)16(3)14-28(34,36-22)29(30,31)32;1-7-19-23-14-16(2)10-12-28(23,6)22-11-13-27(5)20(17(3)15-24(34)29(30,31)32)8-9-21(27)25(22)26(19)35-18(4)33;1-7-19-23-14-16(2)10-12-28(23,6)22-11-13-27(5)20(17(3)15-24(30)31)8-9-21(27)25(22)26(19)32-18(4)29;1-5-15-17-11-14(26)6-8-24(17,3)16-7-9-25(4)18(21(16)23(15)28)12-19-22(25)13(2)10-20(27)29-19/h15-16,18-25,34H,7-14H2,1-6H3;16-17,19-23,25-26H,7-15H2,1-6H3;16-17,19-23,25-26H,7-15H2,1-6H3,(H,30,31);13-19,21-23,26,28H,5-12H2,1-4H3/t15-,16-,18-,19?,20+,21?,22+,23?,24+,25-,26-,27+,28?;2*16-,17-,19-,20-,21?,22?,23+,25?,26-,27-,28-;13-,14-,15-,16?,17+,18?,19+,21?,22+,23-,24-,25+/m1111/s1. The summed E-state index contributed by atoms with van der Waals surface area (Å²) >= 11 is 0. The van der Waals surface area contributed by atoms with E-state index in [1.807, 2.05) is 13.8 Å². The minimum atomic E-state index is -4.82. The van der Waals surface area contributed by atoms with Gasteiger partial charge in [-0.1, -0.05) is 157 Å². The average molecular weight is 1860 g/mol. The van der Waals surface area contributed by atoms with E-state index in [0.717, 1.165) is 115 Å². The van der Waals surface area contributed by atoms with Gasteiger partial charge in [0.15, 0.2) is 0 Å². The second-order valence-electron chi connectivity index (χ2n) is 51.8. The molecule has 0 aromatic rings. The normalized spacial score (nSPS) is 52.0. The summed E-state index contributed by atoms with van der Waals surface area (Å²) in [6.07, 6.45) is 21.3. The summed E-state index contributed by atoms with van der Waals surface area (Å²) in [5.41, 5.74) is 0.977. The highest BCUT2D eigenvalue weighted by molar-refractivity contribution is 5.84. The summed E-state index contributed by atoms with van der Waals surface area (Å²) < 4.78 is 111. The van der Waals surface area contributed by atoms with Gasteiger partial charge < -0.3 is 44.1 Å². The number of carbonyl (C=O) groups is 6. The van der Waals surface area contributed by atoms with Gasteiger partial charge in [-0.25, -0.2) is 0 Å².